The molecule has 134 valence electrons. The number of fused-ring (bicyclic) bond motifs is 1. The van der Waals surface area contributed by atoms with Crippen LogP contribution in [-0.4, -0.2) is 33.4 Å². The van der Waals surface area contributed by atoms with E-state index in [2.05, 4.69) is 11.9 Å². The summed E-state index contributed by atoms with van der Waals surface area (Å²) in [6.45, 7) is 2.80. The number of amides is 1. The lowest BCUT2D eigenvalue weighted by atomic mass is 9.99. The van der Waals surface area contributed by atoms with Gasteiger partial charge in [0.25, 0.3) is 5.56 Å². The van der Waals surface area contributed by atoms with Gasteiger partial charge in [-0.1, -0.05) is 19.1 Å². The Bertz CT molecular complexity index is 852. The van der Waals surface area contributed by atoms with Gasteiger partial charge >= 0.3 is 6.18 Å². The monoisotopic (exact) mass is 353 g/mol. The smallest absolute Gasteiger partial charge is 0.341 e. The molecule has 1 amide bonds. The molecule has 0 saturated carbocycles. The number of carbonyl (C=O) groups excluding carboxylic acids is 1. The van der Waals surface area contributed by atoms with Crippen LogP contribution in [0.25, 0.3) is 11.0 Å². The highest BCUT2D eigenvalue weighted by molar-refractivity contribution is 5.80. The number of rotatable bonds is 2. The number of benzene rings is 1. The van der Waals surface area contributed by atoms with Gasteiger partial charge in [-0.3, -0.25) is 14.2 Å². The van der Waals surface area contributed by atoms with Gasteiger partial charge in [0.2, 0.25) is 11.6 Å². The largest absolute Gasteiger partial charge is 0.438 e. The Morgan fingerprint density at radius 1 is 1.24 bits per heavy atom. The minimum absolute atomic E-state index is 0.0366. The van der Waals surface area contributed by atoms with Gasteiger partial charge in [-0.05, 0) is 30.9 Å². The van der Waals surface area contributed by atoms with Crippen LogP contribution in [0.3, 0.4) is 0 Å². The maximum Gasteiger partial charge on any atom is 0.438 e. The summed E-state index contributed by atoms with van der Waals surface area (Å²) in [5, 5.41) is 0. The molecule has 2 aromatic rings. The number of hydrogen-bond donors (Lipinski definition) is 0. The van der Waals surface area contributed by atoms with Gasteiger partial charge in [0.15, 0.2) is 0 Å². The van der Waals surface area contributed by atoms with Gasteiger partial charge in [-0.15, -0.1) is 0 Å². The van der Waals surface area contributed by atoms with Crippen molar-refractivity contribution >= 4 is 16.9 Å². The number of likely N-dealkylation sites (tertiary alicyclic amines) is 1. The Morgan fingerprint density at radius 2 is 1.88 bits per heavy atom. The SMILES string of the molecule is CC1CCN(C(=O)Cn2c(=O)c(C(F)(F)F)nc3ccccc32)CC1. The Hall–Kier alpha value is -2.38. The summed E-state index contributed by atoms with van der Waals surface area (Å²) in [6.07, 6.45) is -3.16. The van der Waals surface area contributed by atoms with Crippen LogP contribution < -0.4 is 5.56 Å². The number of aromatic nitrogens is 2. The molecule has 5 nitrogen and oxygen atoms in total. The van der Waals surface area contributed by atoms with E-state index in [1.54, 1.807) is 11.0 Å². The molecular formula is C17H18F3N3O2. The summed E-state index contributed by atoms with van der Waals surface area (Å²) in [5.41, 5.74) is -2.52. The average molecular weight is 353 g/mol. The van der Waals surface area contributed by atoms with E-state index in [0.717, 1.165) is 17.4 Å². The third-order valence-electron chi connectivity index (χ3n) is 4.55. The van der Waals surface area contributed by atoms with Crippen LogP contribution in [0, 0.1) is 5.92 Å². The number of carbonyl (C=O) groups is 1. The van der Waals surface area contributed by atoms with Crippen molar-refractivity contribution in [3.8, 4) is 0 Å². The number of piperidine rings is 1. The van der Waals surface area contributed by atoms with Crippen molar-refractivity contribution < 1.29 is 18.0 Å². The second-order valence-electron chi connectivity index (χ2n) is 6.40. The van der Waals surface area contributed by atoms with E-state index in [-0.39, 0.29) is 16.9 Å². The van der Waals surface area contributed by atoms with Crippen LogP contribution in [-0.2, 0) is 17.5 Å². The lowest BCUT2D eigenvalue weighted by molar-refractivity contribution is -0.143. The first-order valence-corrected chi connectivity index (χ1v) is 8.12. The zero-order chi connectivity index (χ0) is 18.2. The summed E-state index contributed by atoms with van der Waals surface area (Å²) in [4.78, 5) is 29.9. The van der Waals surface area contributed by atoms with Crippen molar-refractivity contribution in [2.75, 3.05) is 13.1 Å². The second-order valence-corrected chi connectivity index (χ2v) is 6.40. The van der Waals surface area contributed by atoms with Crippen molar-refractivity contribution in [2.45, 2.75) is 32.5 Å². The summed E-state index contributed by atoms with van der Waals surface area (Å²) in [5.74, 6) is 0.170. The number of para-hydroxylation sites is 2. The van der Waals surface area contributed by atoms with Crippen LogP contribution in [0.1, 0.15) is 25.5 Å². The van der Waals surface area contributed by atoms with Crippen LogP contribution in [0.5, 0.6) is 0 Å². The summed E-state index contributed by atoms with van der Waals surface area (Å²) in [7, 11) is 0. The molecule has 1 aromatic heterocycles. The Labute approximate surface area is 142 Å². The van der Waals surface area contributed by atoms with Crippen molar-refractivity contribution in [1.29, 1.82) is 0 Å². The van der Waals surface area contributed by atoms with Gasteiger partial charge in [0, 0.05) is 13.1 Å². The topological polar surface area (TPSA) is 55.2 Å². The fraction of sp³-hybridized carbons (Fsp3) is 0.471. The number of alkyl halides is 3. The molecular weight excluding hydrogens is 335 g/mol. The average Bonchev–Trinajstić information content (AvgIpc) is 2.56. The van der Waals surface area contributed by atoms with Gasteiger partial charge in [-0.2, -0.15) is 13.2 Å². The molecule has 8 heteroatoms. The van der Waals surface area contributed by atoms with E-state index in [9.17, 15) is 22.8 Å². The van der Waals surface area contributed by atoms with E-state index >= 15 is 0 Å². The third kappa shape index (κ3) is 3.52. The fourth-order valence-electron chi connectivity index (χ4n) is 3.03. The Kier molecular flexibility index (Phi) is 4.53. The molecule has 0 N–H and O–H groups in total. The molecule has 0 unspecified atom stereocenters. The molecule has 0 aliphatic carbocycles. The highest BCUT2D eigenvalue weighted by atomic mass is 19.4. The van der Waals surface area contributed by atoms with Crippen LogP contribution >= 0.6 is 0 Å². The predicted molar refractivity (Wildman–Crippen MR) is 86.0 cm³/mol. The van der Waals surface area contributed by atoms with E-state index in [1.165, 1.54) is 18.2 Å². The van der Waals surface area contributed by atoms with Crippen LogP contribution in [0.4, 0.5) is 13.2 Å². The zero-order valence-corrected chi connectivity index (χ0v) is 13.7. The van der Waals surface area contributed by atoms with E-state index in [0.29, 0.717) is 19.0 Å². The van der Waals surface area contributed by atoms with E-state index in [4.69, 9.17) is 0 Å². The predicted octanol–water partition coefficient (Wildman–Crippen LogP) is 2.67. The second kappa shape index (κ2) is 6.50. The quantitative estimate of drug-likeness (QED) is 0.834. The van der Waals surface area contributed by atoms with Gasteiger partial charge in [0.1, 0.15) is 6.54 Å². The first-order valence-electron chi connectivity index (χ1n) is 8.12. The Balaban J connectivity index is 2.01. The number of halogens is 3. The van der Waals surface area contributed by atoms with Gasteiger partial charge in [-0.25, -0.2) is 4.98 Å². The maximum absolute atomic E-state index is 13.1. The molecule has 2 heterocycles. The van der Waals surface area contributed by atoms with Crippen LogP contribution in [0.15, 0.2) is 29.1 Å². The lowest BCUT2D eigenvalue weighted by Crippen LogP contribution is -2.42. The Morgan fingerprint density at radius 3 is 2.52 bits per heavy atom. The maximum atomic E-state index is 13.1. The van der Waals surface area contributed by atoms with Gasteiger partial charge < -0.3 is 4.90 Å². The van der Waals surface area contributed by atoms with Crippen molar-refractivity contribution in [1.82, 2.24) is 14.5 Å². The van der Waals surface area contributed by atoms with Crippen molar-refractivity contribution in [2.24, 2.45) is 5.92 Å². The molecule has 1 aliphatic rings. The lowest BCUT2D eigenvalue weighted by Gasteiger charge is -2.30. The first-order chi connectivity index (χ1) is 11.8. The third-order valence-corrected chi connectivity index (χ3v) is 4.55. The minimum Gasteiger partial charge on any atom is -0.341 e. The highest BCUT2D eigenvalue weighted by Gasteiger charge is 2.37. The van der Waals surface area contributed by atoms with Gasteiger partial charge in [0.05, 0.1) is 11.0 Å². The van der Waals surface area contributed by atoms with E-state index < -0.39 is 24.0 Å². The molecule has 1 aliphatic heterocycles. The standard InChI is InChI=1S/C17H18F3N3O2/c1-11-6-8-22(9-7-11)14(24)10-23-13-5-3-2-4-12(13)21-15(16(23)25)17(18,19)20/h2-5,11H,6-10H2,1H3. The highest BCUT2D eigenvalue weighted by Crippen LogP contribution is 2.26. The summed E-state index contributed by atoms with van der Waals surface area (Å²) >= 11 is 0. The summed E-state index contributed by atoms with van der Waals surface area (Å²) in [6, 6.07) is 6.03. The molecule has 0 bridgehead atoms. The molecule has 0 spiro atoms. The molecule has 0 atom stereocenters. The zero-order valence-electron chi connectivity index (χ0n) is 13.7. The number of nitrogens with zero attached hydrogens (tertiary/aromatic N) is 3. The molecule has 1 fully saturated rings. The minimum atomic E-state index is -4.87. The fourth-order valence-corrected chi connectivity index (χ4v) is 3.03. The number of hydrogen-bond acceptors (Lipinski definition) is 3. The molecule has 0 radical (unpaired) electrons. The van der Waals surface area contributed by atoms with E-state index in [1.807, 2.05) is 0 Å². The molecule has 1 saturated heterocycles. The van der Waals surface area contributed by atoms with Crippen molar-refractivity contribution in [3.05, 3.63) is 40.3 Å². The summed E-state index contributed by atoms with van der Waals surface area (Å²) < 4.78 is 40.2. The first kappa shape index (κ1) is 17.4. The normalized spacial score (nSPS) is 16.4. The van der Waals surface area contributed by atoms with Crippen molar-refractivity contribution in [3.63, 3.8) is 0 Å². The molecule has 1 aromatic carbocycles. The van der Waals surface area contributed by atoms with Crippen LogP contribution in [0.2, 0.25) is 0 Å². The molecule has 25 heavy (non-hydrogen) atoms. The molecule has 3 rings (SSSR count).